The molecule has 9 nitrogen and oxygen atoms in total. The molecule has 0 saturated carbocycles. The van der Waals surface area contributed by atoms with E-state index in [2.05, 4.69) is 22.1 Å². The van der Waals surface area contributed by atoms with E-state index in [-0.39, 0.29) is 38.6 Å². The van der Waals surface area contributed by atoms with Gasteiger partial charge in [-0.3, -0.25) is 9.69 Å². The summed E-state index contributed by atoms with van der Waals surface area (Å²) in [6.45, 7) is 5.51. The highest BCUT2D eigenvalue weighted by Crippen LogP contribution is 2.26. The summed E-state index contributed by atoms with van der Waals surface area (Å²) >= 11 is 6.00. The smallest absolute Gasteiger partial charge is 0.336 e. The van der Waals surface area contributed by atoms with Gasteiger partial charge in [-0.25, -0.2) is 13.9 Å². The second-order valence-electron chi connectivity index (χ2n) is 7.66. The number of allylic oxidation sites excluding steroid dienone is 1. The topological polar surface area (TPSA) is 110 Å². The maximum absolute atomic E-state index is 14.2. The number of rotatable bonds is 12. The minimum atomic E-state index is -1.45. The first-order valence-corrected chi connectivity index (χ1v) is 11.2. The third kappa shape index (κ3) is 7.01. The molecule has 1 aromatic heterocycles. The van der Waals surface area contributed by atoms with E-state index in [9.17, 15) is 19.1 Å². The Morgan fingerprint density at radius 2 is 2.03 bits per heavy atom. The number of nitrogens with zero attached hydrogens (tertiary/aromatic N) is 5. The molecule has 1 atom stereocenters. The van der Waals surface area contributed by atoms with Crippen molar-refractivity contribution in [3.8, 4) is 11.1 Å². The van der Waals surface area contributed by atoms with Crippen molar-refractivity contribution < 1.29 is 23.8 Å². The normalized spacial score (nSPS) is 11.9. The molecule has 3 rings (SSSR count). The summed E-state index contributed by atoms with van der Waals surface area (Å²) < 4.78 is 20.4. The predicted octanol–water partition coefficient (Wildman–Crippen LogP) is 2.93. The molecule has 1 heterocycles. The van der Waals surface area contributed by atoms with Gasteiger partial charge in [0, 0.05) is 23.7 Å². The van der Waals surface area contributed by atoms with Crippen LogP contribution in [-0.4, -0.2) is 67.8 Å². The van der Waals surface area contributed by atoms with Gasteiger partial charge in [0.2, 0.25) is 11.6 Å². The van der Waals surface area contributed by atoms with E-state index in [1.807, 2.05) is 0 Å². The summed E-state index contributed by atoms with van der Waals surface area (Å²) in [5.41, 5.74) is 1.76. The molecular weight excluding hydrogens is 477 g/mol. The highest BCUT2D eigenvalue weighted by molar-refractivity contribution is 6.30. The van der Waals surface area contributed by atoms with Crippen molar-refractivity contribution in [2.75, 3.05) is 19.7 Å². The second-order valence-corrected chi connectivity index (χ2v) is 8.09. The monoisotopic (exact) mass is 501 g/mol. The number of tetrazole rings is 1. The number of aliphatic hydroxyl groups excluding tert-OH is 1. The molecule has 0 amide bonds. The zero-order valence-corrected chi connectivity index (χ0v) is 19.9. The molecule has 3 aromatic rings. The van der Waals surface area contributed by atoms with Gasteiger partial charge < -0.3 is 9.84 Å². The summed E-state index contributed by atoms with van der Waals surface area (Å²) in [4.78, 5) is 26.5. The molecule has 35 heavy (non-hydrogen) atoms. The van der Waals surface area contributed by atoms with Crippen LogP contribution in [0.3, 0.4) is 0 Å². The molecule has 0 bridgehead atoms. The fourth-order valence-electron chi connectivity index (χ4n) is 3.43. The van der Waals surface area contributed by atoms with Crippen molar-refractivity contribution >= 4 is 23.4 Å². The summed E-state index contributed by atoms with van der Waals surface area (Å²) in [5.74, 6) is -1.55. The number of aromatic nitrogens is 4. The van der Waals surface area contributed by atoms with E-state index in [4.69, 9.17) is 16.3 Å². The van der Waals surface area contributed by atoms with E-state index < -0.39 is 23.7 Å². The summed E-state index contributed by atoms with van der Waals surface area (Å²) in [6, 6.07) is 11.3. The van der Waals surface area contributed by atoms with Crippen LogP contribution in [0.4, 0.5) is 4.39 Å². The van der Waals surface area contributed by atoms with Crippen molar-refractivity contribution in [1.82, 2.24) is 25.1 Å². The third-order valence-corrected chi connectivity index (χ3v) is 5.27. The molecule has 184 valence electrons. The van der Waals surface area contributed by atoms with Gasteiger partial charge in [0.25, 0.3) is 0 Å². The van der Waals surface area contributed by atoms with Crippen molar-refractivity contribution in [1.29, 1.82) is 0 Å². The predicted molar refractivity (Wildman–Crippen MR) is 127 cm³/mol. The fraction of sp³-hybridized carbons (Fsp3) is 0.292. The average molecular weight is 502 g/mol. The van der Waals surface area contributed by atoms with Crippen LogP contribution < -0.4 is 0 Å². The molecule has 0 aliphatic heterocycles. The fourth-order valence-corrected chi connectivity index (χ4v) is 3.60. The number of hydrogen-bond donors (Lipinski definition) is 1. The first-order chi connectivity index (χ1) is 16.8. The molecule has 0 fully saturated rings. The molecule has 0 radical (unpaired) electrons. The largest absolute Gasteiger partial charge is 0.464 e. The van der Waals surface area contributed by atoms with E-state index in [0.29, 0.717) is 16.1 Å². The zero-order chi connectivity index (χ0) is 25.4. The van der Waals surface area contributed by atoms with Crippen LogP contribution in [0.15, 0.2) is 55.1 Å². The number of benzene rings is 2. The lowest BCUT2D eigenvalue weighted by atomic mass is 10.0. The number of ether oxygens (including phenoxy) is 1. The minimum Gasteiger partial charge on any atom is -0.464 e. The van der Waals surface area contributed by atoms with Crippen molar-refractivity contribution in [2.24, 2.45) is 0 Å². The average Bonchev–Trinajstić information content (AvgIpc) is 3.30. The Hall–Kier alpha value is -3.47. The van der Waals surface area contributed by atoms with Crippen LogP contribution in [-0.2, 0) is 22.6 Å². The van der Waals surface area contributed by atoms with Crippen LogP contribution in [0.1, 0.15) is 23.1 Å². The Morgan fingerprint density at radius 3 is 2.71 bits per heavy atom. The molecule has 0 aliphatic carbocycles. The van der Waals surface area contributed by atoms with Crippen LogP contribution >= 0.6 is 11.6 Å². The van der Waals surface area contributed by atoms with Gasteiger partial charge in [-0.05, 0) is 46.7 Å². The second kappa shape index (κ2) is 12.3. The number of hydrogen-bond acceptors (Lipinski definition) is 8. The molecule has 0 spiro atoms. The van der Waals surface area contributed by atoms with Gasteiger partial charge in [0.1, 0.15) is 5.82 Å². The third-order valence-electron chi connectivity index (χ3n) is 5.04. The Morgan fingerprint density at radius 1 is 1.29 bits per heavy atom. The van der Waals surface area contributed by atoms with E-state index in [1.165, 1.54) is 16.8 Å². The lowest BCUT2D eigenvalue weighted by Crippen LogP contribution is -2.40. The highest BCUT2D eigenvalue weighted by Gasteiger charge is 2.24. The molecule has 0 saturated heterocycles. The number of aliphatic hydroxyl groups is 1. The van der Waals surface area contributed by atoms with Crippen molar-refractivity contribution in [3.05, 3.63) is 77.3 Å². The molecule has 2 aromatic carbocycles. The van der Waals surface area contributed by atoms with Gasteiger partial charge in [0.15, 0.2) is 6.10 Å². The van der Waals surface area contributed by atoms with Crippen LogP contribution in [0.2, 0.25) is 5.02 Å². The maximum Gasteiger partial charge on any atom is 0.336 e. The first-order valence-electron chi connectivity index (χ1n) is 10.8. The molecular formula is C24H25ClFN5O4. The van der Waals surface area contributed by atoms with E-state index in [1.54, 1.807) is 48.2 Å². The van der Waals surface area contributed by atoms with Crippen LogP contribution in [0.5, 0.6) is 0 Å². The minimum absolute atomic E-state index is 0.0345. The van der Waals surface area contributed by atoms with Gasteiger partial charge in [0.05, 0.1) is 19.7 Å². The van der Waals surface area contributed by atoms with Crippen LogP contribution in [0.25, 0.3) is 11.1 Å². The Kier molecular flexibility index (Phi) is 9.18. The SMILES string of the molecule is C=CCn1nnnc1C(=O)CN(Cc1ccc(-c2cc(Cl)ccc2F)cc1)C[C@@H](O)C(=O)OCC. The highest BCUT2D eigenvalue weighted by atomic mass is 35.5. The number of carbonyl (C=O) groups is 2. The van der Waals surface area contributed by atoms with E-state index in [0.717, 1.165) is 5.56 Å². The van der Waals surface area contributed by atoms with Gasteiger partial charge >= 0.3 is 5.97 Å². The number of halogens is 2. The number of esters is 1. The number of ketones is 1. The van der Waals surface area contributed by atoms with E-state index >= 15 is 0 Å². The van der Waals surface area contributed by atoms with Crippen molar-refractivity contribution in [2.45, 2.75) is 26.1 Å². The van der Waals surface area contributed by atoms with Gasteiger partial charge in [-0.1, -0.05) is 41.9 Å². The maximum atomic E-state index is 14.2. The Balaban J connectivity index is 1.79. The van der Waals surface area contributed by atoms with Crippen molar-refractivity contribution in [3.63, 3.8) is 0 Å². The van der Waals surface area contributed by atoms with Gasteiger partial charge in [-0.15, -0.1) is 11.7 Å². The summed E-state index contributed by atoms with van der Waals surface area (Å²) in [5, 5.41) is 21.8. The number of carbonyl (C=O) groups excluding carboxylic acids is 2. The van der Waals surface area contributed by atoms with Crippen LogP contribution in [0, 0.1) is 5.82 Å². The lowest BCUT2D eigenvalue weighted by Gasteiger charge is -2.23. The zero-order valence-electron chi connectivity index (χ0n) is 19.1. The lowest BCUT2D eigenvalue weighted by molar-refractivity contribution is -0.154. The Bertz CT molecular complexity index is 1180. The first kappa shape index (κ1) is 26.1. The molecule has 0 unspecified atom stereocenters. The van der Waals surface area contributed by atoms with Gasteiger partial charge in [-0.2, -0.15) is 0 Å². The molecule has 1 N–H and O–H groups in total. The summed E-state index contributed by atoms with van der Waals surface area (Å²) in [7, 11) is 0. The summed E-state index contributed by atoms with van der Waals surface area (Å²) in [6.07, 6.45) is 0.103. The standard InChI is InChI=1S/C24H25ClFN5O4/c1-3-11-31-23(27-28-29-31)21(32)14-30(15-22(33)24(34)35-4-2)13-16-5-7-17(8-6-16)19-12-18(25)9-10-20(19)26/h3,5-10,12,22,33H,1,4,11,13-15H2,2H3/t22-/m1/s1. The number of Topliss-reactive ketones (excluding diaryl/α,β-unsaturated/α-hetero) is 1. The Labute approximate surface area is 206 Å². The quantitative estimate of drug-likeness (QED) is 0.229. The molecule has 11 heteroatoms. The molecule has 0 aliphatic rings.